The van der Waals surface area contributed by atoms with Gasteiger partial charge in [-0.3, -0.25) is 19.2 Å². The fourth-order valence-corrected chi connectivity index (χ4v) is 5.11. The number of para-hydroxylation sites is 1. The van der Waals surface area contributed by atoms with Crippen LogP contribution in [0.1, 0.15) is 28.2 Å². The lowest BCUT2D eigenvalue weighted by Gasteiger charge is -2.16. The van der Waals surface area contributed by atoms with Gasteiger partial charge < -0.3 is 30.2 Å². The second kappa shape index (κ2) is 11.6. The Bertz CT molecular complexity index is 1790. The van der Waals surface area contributed by atoms with Crippen molar-refractivity contribution in [2.75, 3.05) is 37.3 Å². The normalized spacial score (nSPS) is 15.1. The van der Waals surface area contributed by atoms with Crippen LogP contribution in [0.2, 0.25) is 0 Å². The van der Waals surface area contributed by atoms with Gasteiger partial charge in [0, 0.05) is 62.3 Å². The quantitative estimate of drug-likeness (QED) is 0.202. The molecule has 0 saturated carbocycles. The van der Waals surface area contributed by atoms with Gasteiger partial charge in [-0.2, -0.15) is 5.10 Å². The lowest BCUT2D eigenvalue weighted by atomic mass is 10.1. The van der Waals surface area contributed by atoms with E-state index in [1.54, 1.807) is 10.9 Å². The van der Waals surface area contributed by atoms with Gasteiger partial charge in [0.1, 0.15) is 6.10 Å². The number of ether oxygens (including phenoxy) is 1. The first-order chi connectivity index (χ1) is 20.8. The molecule has 14 heteroatoms. The number of anilines is 3. The summed E-state index contributed by atoms with van der Waals surface area (Å²) in [4.78, 5) is 39.3. The van der Waals surface area contributed by atoms with Crippen molar-refractivity contribution in [3.8, 4) is 17.1 Å². The number of carbonyl (C=O) groups is 2. The van der Waals surface area contributed by atoms with Gasteiger partial charge in [0.05, 0.1) is 29.5 Å². The Kier molecular flexibility index (Phi) is 7.50. The van der Waals surface area contributed by atoms with Gasteiger partial charge in [0.2, 0.25) is 17.6 Å². The number of likely N-dealkylation sites (tertiary alicyclic amines) is 1. The molecule has 0 aliphatic carbocycles. The highest BCUT2D eigenvalue weighted by Gasteiger charge is 2.27. The lowest BCUT2D eigenvalue weighted by molar-refractivity contribution is -0.117. The van der Waals surface area contributed by atoms with Crippen LogP contribution >= 0.6 is 0 Å². The molecule has 1 aliphatic heterocycles. The summed E-state index contributed by atoms with van der Waals surface area (Å²) in [6.07, 6.45) is 4.23. The maximum absolute atomic E-state index is 13.0. The number of nitrogens with zero attached hydrogens (tertiary/aromatic N) is 6. The van der Waals surface area contributed by atoms with Gasteiger partial charge in [0.25, 0.3) is 11.8 Å². The summed E-state index contributed by atoms with van der Waals surface area (Å²) in [6, 6.07) is 9.16. The predicted octanol–water partition coefficient (Wildman–Crippen LogP) is 3.16. The van der Waals surface area contributed by atoms with Crippen LogP contribution in [-0.2, 0) is 11.8 Å². The van der Waals surface area contributed by atoms with Crippen LogP contribution in [0.5, 0.6) is 5.88 Å². The molecule has 5 aromatic rings. The molecule has 1 saturated heterocycles. The minimum Gasteiger partial charge on any atom is -0.471 e. The van der Waals surface area contributed by atoms with E-state index in [4.69, 9.17) is 14.2 Å². The molecule has 4 N–H and O–H groups in total. The SMILES string of the molecule is CNC(=O)c1cc(O[C@H]2CCN(CC(=O)Nc3cccc4c(-c5nc(Nc6cc(C)n(C)n6)ncc5C)c[nH]c34)C2)no1. The van der Waals surface area contributed by atoms with E-state index in [0.717, 1.165) is 39.8 Å². The summed E-state index contributed by atoms with van der Waals surface area (Å²) < 4.78 is 12.7. The van der Waals surface area contributed by atoms with Gasteiger partial charge in [-0.25, -0.2) is 9.97 Å². The van der Waals surface area contributed by atoms with Gasteiger partial charge in [0.15, 0.2) is 5.82 Å². The third-order valence-corrected chi connectivity index (χ3v) is 7.39. The maximum Gasteiger partial charge on any atom is 0.289 e. The highest BCUT2D eigenvalue weighted by atomic mass is 16.5. The van der Waals surface area contributed by atoms with Crippen LogP contribution in [0.3, 0.4) is 0 Å². The second-order valence-corrected chi connectivity index (χ2v) is 10.5. The van der Waals surface area contributed by atoms with Crippen molar-refractivity contribution in [3.63, 3.8) is 0 Å². The van der Waals surface area contributed by atoms with Crippen molar-refractivity contribution in [2.24, 2.45) is 7.05 Å². The first-order valence-electron chi connectivity index (χ1n) is 13.9. The minimum absolute atomic E-state index is 0.0833. The molecule has 4 aromatic heterocycles. The Hall–Kier alpha value is -5.24. The first-order valence-corrected chi connectivity index (χ1v) is 13.9. The molecular formula is C29H32N10O4. The Morgan fingerprint density at radius 3 is 2.88 bits per heavy atom. The lowest BCUT2D eigenvalue weighted by Crippen LogP contribution is -2.33. The van der Waals surface area contributed by atoms with Crippen LogP contribution in [0.4, 0.5) is 17.5 Å². The zero-order valence-electron chi connectivity index (χ0n) is 24.3. The van der Waals surface area contributed by atoms with Crippen LogP contribution in [0.25, 0.3) is 22.2 Å². The summed E-state index contributed by atoms with van der Waals surface area (Å²) in [5.41, 5.74) is 5.09. The van der Waals surface area contributed by atoms with E-state index in [0.29, 0.717) is 30.5 Å². The molecule has 222 valence electrons. The minimum atomic E-state index is -0.374. The van der Waals surface area contributed by atoms with Crippen molar-refractivity contribution in [3.05, 3.63) is 59.7 Å². The molecule has 0 spiro atoms. The zero-order chi connectivity index (χ0) is 30.1. The number of hydrogen-bond donors (Lipinski definition) is 4. The van der Waals surface area contributed by atoms with E-state index in [2.05, 4.69) is 36.2 Å². The molecule has 1 aliphatic rings. The van der Waals surface area contributed by atoms with E-state index in [1.807, 2.05) is 56.3 Å². The summed E-state index contributed by atoms with van der Waals surface area (Å²) in [7, 11) is 3.39. The standard InChI is InChI=1S/C29H32N10O4/c1-16-12-32-29(34-23-10-17(2)38(4)36-23)35-26(16)20-13-31-27-19(20)6-5-7-21(27)33-24(40)15-39-9-8-18(14-39)42-25-11-22(43-37-25)28(41)30-3/h5-7,10-13,18,31H,8-9,14-15H2,1-4H3,(H,30,41)(H,33,40)(H,32,34,35,36)/t18-/m0/s1. The maximum atomic E-state index is 13.0. The van der Waals surface area contributed by atoms with Crippen molar-refractivity contribution in [1.82, 2.24) is 40.1 Å². The van der Waals surface area contributed by atoms with E-state index < -0.39 is 0 Å². The molecule has 0 bridgehead atoms. The number of hydrogen-bond acceptors (Lipinski definition) is 10. The van der Waals surface area contributed by atoms with Crippen molar-refractivity contribution in [1.29, 1.82) is 0 Å². The van der Waals surface area contributed by atoms with Crippen LogP contribution < -0.4 is 20.7 Å². The molecule has 0 radical (unpaired) electrons. The number of aromatic amines is 1. The number of rotatable bonds is 9. The monoisotopic (exact) mass is 584 g/mol. The summed E-state index contributed by atoms with van der Waals surface area (Å²) in [6.45, 7) is 5.39. The van der Waals surface area contributed by atoms with Gasteiger partial charge in [-0.1, -0.05) is 12.1 Å². The Balaban J connectivity index is 1.11. The molecule has 2 amide bonds. The second-order valence-electron chi connectivity index (χ2n) is 10.5. The van der Waals surface area contributed by atoms with E-state index in [1.165, 1.54) is 13.1 Å². The highest BCUT2D eigenvalue weighted by Crippen LogP contribution is 2.33. The molecule has 1 fully saturated rings. The molecule has 5 heterocycles. The number of H-pyrrole nitrogens is 1. The number of fused-ring (bicyclic) bond motifs is 1. The predicted molar refractivity (Wildman–Crippen MR) is 159 cm³/mol. The third-order valence-electron chi connectivity index (χ3n) is 7.39. The Morgan fingerprint density at radius 1 is 1.23 bits per heavy atom. The van der Waals surface area contributed by atoms with Crippen molar-refractivity contribution >= 4 is 40.2 Å². The van der Waals surface area contributed by atoms with E-state index in [9.17, 15) is 9.59 Å². The summed E-state index contributed by atoms with van der Waals surface area (Å²) in [5.74, 6) is 0.936. The first kappa shape index (κ1) is 27.9. The number of benzene rings is 1. The fourth-order valence-electron chi connectivity index (χ4n) is 5.11. The van der Waals surface area contributed by atoms with Crippen LogP contribution in [-0.4, -0.2) is 79.4 Å². The average molecular weight is 585 g/mol. The van der Waals surface area contributed by atoms with Crippen molar-refractivity contribution in [2.45, 2.75) is 26.4 Å². The van der Waals surface area contributed by atoms with Gasteiger partial charge in [-0.05, 0) is 37.1 Å². The molecular weight excluding hydrogens is 552 g/mol. The highest BCUT2D eigenvalue weighted by molar-refractivity contribution is 6.06. The van der Waals surface area contributed by atoms with Crippen LogP contribution in [0, 0.1) is 13.8 Å². The number of aryl methyl sites for hydroxylation is 3. The molecule has 43 heavy (non-hydrogen) atoms. The van der Waals surface area contributed by atoms with E-state index >= 15 is 0 Å². The van der Waals surface area contributed by atoms with E-state index in [-0.39, 0.29) is 36.1 Å². The number of amides is 2. The topological polar surface area (TPSA) is 168 Å². The van der Waals surface area contributed by atoms with Gasteiger partial charge in [-0.15, -0.1) is 0 Å². The molecule has 1 aromatic carbocycles. The number of aromatic nitrogens is 6. The summed E-state index contributed by atoms with van der Waals surface area (Å²) in [5, 5.41) is 17.9. The largest absolute Gasteiger partial charge is 0.471 e. The van der Waals surface area contributed by atoms with Crippen LogP contribution in [0.15, 0.2) is 47.2 Å². The molecule has 1 atom stereocenters. The summed E-state index contributed by atoms with van der Waals surface area (Å²) >= 11 is 0. The van der Waals surface area contributed by atoms with Gasteiger partial charge >= 0.3 is 0 Å². The molecule has 6 rings (SSSR count). The third kappa shape index (κ3) is 5.90. The number of nitrogens with one attached hydrogen (secondary N) is 4. The Labute approximate surface area is 246 Å². The molecule has 14 nitrogen and oxygen atoms in total. The zero-order valence-corrected chi connectivity index (χ0v) is 24.3. The smallest absolute Gasteiger partial charge is 0.289 e. The van der Waals surface area contributed by atoms with Crippen molar-refractivity contribution < 1.29 is 18.8 Å². The number of carbonyl (C=O) groups excluding carboxylic acids is 2. The Morgan fingerprint density at radius 2 is 2.09 bits per heavy atom. The molecule has 0 unspecified atom stereocenters. The fraction of sp³-hybridized carbons (Fsp3) is 0.310. The average Bonchev–Trinajstić information content (AvgIpc) is 3.78.